The third kappa shape index (κ3) is 4.02. The molecule has 0 radical (unpaired) electrons. The van der Waals surface area contributed by atoms with Crippen LogP contribution in [0.25, 0.3) is 0 Å². The summed E-state index contributed by atoms with van der Waals surface area (Å²) in [6, 6.07) is 6.86. The minimum absolute atomic E-state index is 0.265. The van der Waals surface area contributed by atoms with Gasteiger partial charge in [-0.3, -0.25) is 9.59 Å². The van der Waals surface area contributed by atoms with Crippen molar-refractivity contribution in [2.45, 2.75) is 19.4 Å². The van der Waals surface area contributed by atoms with Gasteiger partial charge in [0.1, 0.15) is 6.04 Å². The van der Waals surface area contributed by atoms with Crippen LogP contribution in [-0.4, -0.2) is 17.9 Å². The normalized spacial score (nSPS) is 11.9. The SMILES string of the molecule is CC(=O)N[C@@H](Cc1cccc(Br)c1)C(N)=O. The molecule has 0 aromatic heterocycles. The van der Waals surface area contributed by atoms with Gasteiger partial charge in [-0.2, -0.15) is 0 Å². The average Bonchev–Trinajstić information content (AvgIpc) is 2.15. The van der Waals surface area contributed by atoms with Crippen LogP contribution in [0.4, 0.5) is 0 Å². The second-order valence-corrected chi connectivity index (χ2v) is 4.41. The zero-order valence-corrected chi connectivity index (χ0v) is 10.5. The van der Waals surface area contributed by atoms with Gasteiger partial charge in [0.25, 0.3) is 0 Å². The summed E-state index contributed by atoms with van der Waals surface area (Å²) in [6.07, 6.45) is 0.397. The summed E-state index contributed by atoms with van der Waals surface area (Å²) >= 11 is 3.34. The number of amides is 2. The van der Waals surface area contributed by atoms with E-state index in [-0.39, 0.29) is 5.91 Å². The van der Waals surface area contributed by atoms with Crippen molar-refractivity contribution in [2.24, 2.45) is 5.73 Å². The number of carbonyl (C=O) groups excluding carboxylic acids is 2. The Morgan fingerprint density at radius 2 is 2.19 bits per heavy atom. The van der Waals surface area contributed by atoms with E-state index < -0.39 is 11.9 Å². The molecule has 1 atom stereocenters. The first-order valence-corrected chi connectivity index (χ1v) is 5.59. The van der Waals surface area contributed by atoms with Gasteiger partial charge in [-0.05, 0) is 17.7 Å². The van der Waals surface area contributed by atoms with E-state index in [1.54, 1.807) is 0 Å². The van der Waals surface area contributed by atoms with Crippen LogP contribution in [0.3, 0.4) is 0 Å². The highest BCUT2D eigenvalue weighted by molar-refractivity contribution is 9.10. The van der Waals surface area contributed by atoms with Crippen molar-refractivity contribution in [1.29, 1.82) is 0 Å². The molecule has 16 heavy (non-hydrogen) atoms. The summed E-state index contributed by atoms with van der Waals surface area (Å²) in [6.45, 7) is 1.36. The summed E-state index contributed by atoms with van der Waals surface area (Å²) in [5, 5.41) is 2.52. The highest BCUT2D eigenvalue weighted by Crippen LogP contribution is 2.13. The standard InChI is InChI=1S/C11H13BrN2O2/c1-7(15)14-10(11(13)16)6-8-3-2-4-9(12)5-8/h2-5,10H,6H2,1H3,(H2,13,16)(H,14,15)/t10-/m0/s1. The molecule has 0 unspecified atom stereocenters. The van der Waals surface area contributed by atoms with Gasteiger partial charge in [0.05, 0.1) is 0 Å². The fourth-order valence-electron chi connectivity index (χ4n) is 1.37. The van der Waals surface area contributed by atoms with Gasteiger partial charge in [0, 0.05) is 17.8 Å². The topological polar surface area (TPSA) is 72.2 Å². The van der Waals surface area contributed by atoms with Crippen LogP contribution < -0.4 is 11.1 Å². The molecule has 1 aromatic rings. The maximum atomic E-state index is 11.1. The number of carbonyl (C=O) groups is 2. The summed E-state index contributed by atoms with van der Waals surface area (Å²) in [5.41, 5.74) is 6.14. The van der Waals surface area contributed by atoms with E-state index in [1.807, 2.05) is 24.3 Å². The molecule has 0 saturated carbocycles. The number of nitrogens with one attached hydrogen (secondary N) is 1. The fraction of sp³-hybridized carbons (Fsp3) is 0.273. The summed E-state index contributed by atoms with van der Waals surface area (Å²) in [5.74, 6) is -0.797. The zero-order chi connectivity index (χ0) is 12.1. The molecule has 0 aliphatic heterocycles. The van der Waals surface area contributed by atoms with Crippen LogP contribution in [0.15, 0.2) is 28.7 Å². The molecule has 0 aliphatic carbocycles. The average molecular weight is 285 g/mol. The largest absolute Gasteiger partial charge is 0.368 e. The Kier molecular flexibility index (Phi) is 4.49. The predicted octanol–water partition coefficient (Wildman–Crippen LogP) is 0.982. The van der Waals surface area contributed by atoms with Crippen molar-refractivity contribution in [1.82, 2.24) is 5.32 Å². The number of benzene rings is 1. The quantitative estimate of drug-likeness (QED) is 0.865. The first kappa shape index (κ1) is 12.7. The molecular formula is C11H13BrN2O2. The maximum absolute atomic E-state index is 11.1. The Labute approximate surface area is 102 Å². The Hall–Kier alpha value is -1.36. The second-order valence-electron chi connectivity index (χ2n) is 3.49. The molecule has 1 rings (SSSR count). The van der Waals surface area contributed by atoms with Crippen molar-refractivity contribution < 1.29 is 9.59 Å². The van der Waals surface area contributed by atoms with Gasteiger partial charge >= 0.3 is 0 Å². The van der Waals surface area contributed by atoms with E-state index in [2.05, 4.69) is 21.2 Å². The van der Waals surface area contributed by atoms with Gasteiger partial charge in [0.2, 0.25) is 11.8 Å². The third-order valence-corrected chi connectivity index (χ3v) is 2.54. The van der Waals surface area contributed by atoms with Crippen LogP contribution in [0.2, 0.25) is 0 Å². The van der Waals surface area contributed by atoms with Gasteiger partial charge in [-0.15, -0.1) is 0 Å². The Morgan fingerprint density at radius 1 is 1.50 bits per heavy atom. The minimum atomic E-state index is -0.660. The fourth-order valence-corrected chi connectivity index (χ4v) is 1.81. The van der Waals surface area contributed by atoms with Crippen LogP contribution in [0, 0.1) is 0 Å². The van der Waals surface area contributed by atoms with Gasteiger partial charge in [-0.25, -0.2) is 0 Å². The van der Waals surface area contributed by atoms with Crippen molar-refractivity contribution in [3.05, 3.63) is 34.3 Å². The van der Waals surface area contributed by atoms with E-state index >= 15 is 0 Å². The number of hydrogen-bond donors (Lipinski definition) is 2. The highest BCUT2D eigenvalue weighted by Gasteiger charge is 2.16. The predicted molar refractivity (Wildman–Crippen MR) is 64.6 cm³/mol. The van der Waals surface area contributed by atoms with E-state index in [0.29, 0.717) is 6.42 Å². The monoisotopic (exact) mass is 284 g/mol. The molecule has 4 nitrogen and oxygen atoms in total. The molecule has 0 saturated heterocycles. The summed E-state index contributed by atoms with van der Waals surface area (Å²) < 4.78 is 0.927. The number of rotatable bonds is 4. The lowest BCUT2D eigenvalue weighted by molar-refractivity contribution is -0.126. The molecule has 0 spiro atoms. The molecule has 0 heterocycles. The van der Waals surface area contributed by atoms with Crippen LogP contribution in [0.5, 0.6) is 0 Å². The Balaban J connectivity index is 2.75. The molecule has 0 fully saturated rings. The van der Waals surface area contributed by atoms with Gasteiger partial charge in [-0.1, -0.05) is 28.1 Å². The zero-order valence-electron chi connectivity index (χ0n) is 8.87. The molecule has 0 bridgehead atoms. The number of hydrogen-bond acceptors (Lipinski definition) is 2. The van der Waals surface area contributed by atoms with Crippen molar-refractivity contribution in [3.8, 4) is 0 Å². The van der Waals surface area contributed by atoms with E-state index in [0.717, 1.165) is 10.0 Å². The van der Waals surface area contributed by atoms with E-state index in [4.69, 9.17) is 5.73 Å². The van der Waals surface area contributed by atoms with Crippen LogP contribution in [0.1, 0.15) is 12.5 Å². The molecule has 1 aromatic carbocycles. The molecule has 0 aliphatic rings. The van der Waals surface area contributed by atoms with E-state index in [1.165, 1.54) is 6.92 Å². The number of primary amides is 1. The lowest BCUT2D eigenvalue weighted by Crippen LogP contribution is -2.44. The maximum Gasteiger partial charge on any atom is 0.240 e. The molecule has 86 valence electrons. The van der Waals surface area contributed by atoms with E-state index in [9.17, 15) is 9.59 Å². The van der Waals surface area contributed by atoms with Crippen molar-refractivity contribution in [2.75, 3.05) is 0 Å². The number of halogens is 1. The van der Waals surface area contributed by atoms with Crippen LogP contribution in [-0.2, 0) is 16.0 Å². The smallest absolute Gasteiger partial charge is 0.240 e. The third-order valence-electron chi connectivity index (χ3n) is 2.05. The molecular weight excluding hydrogens is 272 g/mol. The van der Waals surface area contributed by atoms with Crippen molar-refractivity contribution in [3.63, 3.8) is 0 Å². The number of nitrogens with two attached hydrogens (primary N) is 1. The second kappa shape index (κ2) is 5.65. The van der Waals surface area contributed by atoms with Crippen molar-refractivity contribution >= 4 is 27.7 Å². The lowest BCUT2D eigenvalue weighted by atomic mass is 10.1. The first-order chi connectivity index (χ1) is 7.49. The summed E-state index contributed by atoms with van der Waals surface area (Å²) in [4.78, 5) is 22.0. The molecule has 3 N–H and O–H groups in total. The van der Waals surface area contributed by atoms with Crippen LogP contribution >= 0.6 is 15.9 Å². The molecule has 2 amide bonds. The summed E-state index contributed by atoms with van der Waals surface area (Å²) in [7, 11) is 0. The van der Waals surface area contributed by atoms with Gasteiger partial charge in [0.15, 0.2) is 0 Å². The Bertz CT molecular complexity index is 407. The first-order valence-electron chi connectivity index (χ1n) is 4.80. The lowest BCUT2D eigenvalue weighted by Gasteiger charge is -2.14. The minimum Gasteiger partial charge on any atom is -0.368 e. The molecule has 5 heteroatoms. The Morgan fingerprint density at radius 3 is 2.69 bits per heavy atom. The van der Waals surface area contributed by atoms with Gasteiger partial charge < -0.3 is 11.1 Å². The highest BCUT2D eigenvalue weighted by atomic mass is 79.9.